The lowest BCUT2D eigenvalue weighted by atomic mass is 9.47. The minimum atomic E-state index is -0.0866. The van der Waals surface area contributed by atoms with Gasteiger partial charge in [0.25, 0.3) is 0 Å². The summed E-state index contributed by atoms with van der Waals surface area (Å²) in [6.45, 7) is 14.7. The van der Waals surface area contributed by atoms with Gasteiger partial charge < -0.3 is 5.11 Å². The molecule has 164 valence electrons. The minimum Gasteiger partial charge on any atom is -0.393 e. The van der Waals surface area contributed by atoms with E-state index in [0.717, 1.165) is 42.4 Å². The Labute approximate surface area is 180 Å². The van der Waals surface area contributed by atoms with Gasteiger partial charge in [0.15, 0.2) is 0 Å². The zero-order chi connectivity index (χ0) is 21.0. The lowest BCUT2D eigenvalue weighted by Crippen LogP contribution is -2.50. The standard InChI is InChI=1S/C28H46O/c1-18(2)19(3)7-8-20(4)24-11-12-25-23-10-9-21-17-22(29)13-15-27(21,5)26(23)14-16-28(24,25)6/h7-9,18-20,22-26,29H,10-17H2,1-6H3/b8-7+/t19-,20-,22+,23?,24-,25+,26?,27+,28-/m1/s1. The Hall–Kier alpha value is -0.560. The van der Waals surface area contributed by atoms with E-state index >= 15 is 0 Å². The van der Waals surface area contributed by atoms with E-state index < -0.39 is 0 Å². The van der Waals surface area contributed by atoms with Gasteiger partial charge in [0.2, 0.25) is 0 Å². The van der Waals surface area contributed by atoms with Crippen molar-refractivity contribution in [2.24, 2.45) is 52.3 Å². The van der Waals surface area contributed by atoms with Crippen LogP contribution >= 0.6 is 0 Å². The van der Waals surface area contributed by atoms with Crippen molar-refractivity contribution in [3.63, 3.8) is 0 Å². The third kappa shape index (κ3) is 3.58. The van der Waals surface area contributed by atoms with E-state index in [1.807, 2.05) is 0 Å². The molecule has 2 unspecified atom stereocenters. The Morgan fingerprint density at radius 1 is 0.966 bits per heavy atom. The van der Waals surface area contributed by atoms with Crippen LogP contribution in [0.1, 0.15) is 92.9 Å². The molecule has 3 fully saturated rings. The Kier molecular flexibility index (Phi) is 5.86. The van der Waals surface area contributed by atoms with Gasteiger partial charge in [-0.1, -0.05) is 65.3 Å². The van der Waals surface area contributed by atoms with Gasteiger partial charge in [-0.2, -0.15) is 0 Å². The van der Waals surface area contributed by atoms with Crippen LogP contribution in [0.4, 0.5) is 0 Å². The first-order valence-corrected chi connectivity index (χ1v) is 12.7. The smallest absolute Gasteiger partial charge is 0.0577 e. The Morgan fingerprint density at radius 3 is 2.45 bits per heavy atom. The van der Waals surface area contributed by atoms with E-state index in [-0.39, 0.29) is 6.10 Å². The first-order chi connectivity index (χ1) is 13.7. The van der Waals surface area contributed by atoms with Crippen LogP contribution in [0.5, 0.6) is 0 Å². The minimum absolute atomic E-state index is 0.0866. The first kappa shape index (κ1) is 21.7. The molecule has 29 heavy (non-hydrogen) atoms. The maximum Gasteiger partial charge on any atom is 0.0577 e. The molecule has 0 aromatic heterocycles. The summed E-state index contributed by atoms with van der Waals surface area (Å²) in [4.78, 5) is 0. The molecule has 4 aliphatic rings. The number of rotatable bonds is 4. The van der Waals surface area contributed by atoms with Crippen LogP contribution in [0, 0.1) is 52.3 Å². The predicted octanol–water partition coefficient (Wildman–Crippen LogP) is 7.41. The molecule has 0 radical (unpaired) electrons. The third-order valence-electron chi connectivity index (χ3n) is 10.6. The van der Waals surface area contributed by atoms with Gasteiger partial charge in [0.05, 0.1) is 6.10 Å². The van der Waals surface area contributed by atoms with E-state index in [0.29, 0.717) is 22.7 Å². The van der Waals surface area contributed by atoms with Gasteiger partial charge in [-0.05, 0) is 104 Å². The number of hydrogen-bond donors (Lipinski definition) is 1. The number of aliphatic hydroxyl groups is 1. The summed E-state index contributed by atoms with van der Waals surface area (Å²) in [5.41, 5.74) is 2.51. The zero-order valence-corrected chi connectivity index (χ0v) is 20.0. The fourth-order valence-electron chi connectivity index (χ4n) is 8.25. The van der Waals surface area contributed by atoms with Gasteiger partial charge in [-0.3, -0.25) is 0 Å². The molecule has 1 N–H and O–H groups in total. The second-order valence-electron chi connectivity index (χ2n) is 12.2. The fraction of sp³-hybridized carbons (Fsp3) is 0.857. The maximum absolute atomic E-state index is 10.2. The van der Waals surface area contributed by atoms with Crippen LogP contribution in [0.3, 0.4) is 0 Å². The van der Waals surface area contributed by atoms with Gasteiger partial charge in [-0.15, -0.1) is 0 Å². The average Bonchev–Trinajstić information content (AvgIpc) is 3.03. The van der Waals surface area contributed by atoms with E-state index in [1.165, 1.54) is 38.5 Å². The van der Waals surface area contributed by atoms with Crippen LogP contribution in [0.15, 0.2) is 23.8 Å². The molecule has 1 heteroatoms. The average molecular weight is 399 g/mol. The summed E-state index contributed by atoms with van der Waals surface area (Å²) in [6.07, 6.45) is 17.7. The molecule has 0 aromatic carbocycles. The van der Waals surface area contributed by atoms with Crippen molar-refractivity contribution in [1.82, 2.24) is 0 Å². The molecule has 0 bridgehead atoms. The highest BCUT2D eigenvalue weighted by Crippen LogP contribution is 2.67. The van der Waals surface area contributed by atoms with Gasteiger partial charge in [0.1, 0.15) is 0 Å². The summed E-state index contributed by atoms with van der Waals surface area (Å²) in [5, 5.41) is 10.2. The molecule has 0 aliphatic heterocycles. The maximum atomic E-state index is 10.2. The SMILES string of the molecule is CC(C)[C@H](C)/C=C/[C@@H](C)[C@H]1CC[C@H]2C3CC=C4C[C@@H](O)CC[C@]4(C)C3CC[C@]12C. The van der Waals surface area contributed by atoms with E-state index in [4.69, 9.17) is 0 Å². The second kappa shape index (κ2) is 7.85. The molecule has 9 atom stereocenters. The largest absolute Gasteiger partial charge is 0.393 e. The second-order valence-corrected chi connectivity index (χ2v) is 12.2. The van der Waals surface area contributed by atoms with Crippen molar-refractivity contribution < 1.29 is 5.11 Å². The lowest BCUT2D eigenvalue weighted by molar-refractivity contribution is -0.0540. The molecule has 0 spiro atoms. The summed E-state index contributed by atoms with van der Waals surface area (Å²) in [7, 11) is 0. The van der Waals surface area contributed by atoms with Crippen LogP contribution in [-0.2, 0) is 0 Å². The van der Waals surface area contributed by atoms with Crippen LogP contribution in [-0.4, -0.2) is 11.2 Å². The van der Waals surface area contributed by atoms with Crippen LogP contribution in [0.2, 0.25) is 0 Å². The van der Waals surface area contributed by atoms with Gasteiger partial charge in [-0.25, -0.2) is 0 Å². The highest BCUT2D eigenvalue weighted by molar-refractivity contribution is 5.25. The monoisotopic (exact) mass is 398 g/mol. The molecular weight excluding hydrogens is 352 g/mol. The first-order valence-electron chi connectivity index (χ1n) is 12.7. The van der Waals surface area contributed by atoms with Crippen molar-refractivity contribution in [2.75, 3.05) is 0 Å². The molecule has 3 saturated carbocycles. The number of allylic oxidation sites excluding steroid dienone is 3. The highest BCUT2D eigenvalue weighted by Gasteiger charge is 2.58. The lowest BCUT2D eigenvalue weighted by Gasteiger charge is -2.58. The number of aliphatic hydroxyl groups excluding tert-OH is 1. The molecule has 0 heterocycles. The van der Waals surface area contributed by atoms with E-state index in [1.54, 1.807) is 5.57 Å². The third-order valence-corrected chi connectivity index (χ3v) is 10.6. The summed E-state index contributed by atoms with van der Waals surface area (Å²) < 4.78 is 0. The Balaban J connectivity index is 1.53. The van der Waals surface area contributed by atoms with E-state index in [9.17, 15) is 5.11 Å². The molecule has 0 amide bonds. The van der Waals surface area contributed by atoms with Gasteiger partial charge in [0, 0.05) is 0 Å². The normalized spacial score (nSPS) is 46.8. The molecule has 4 aliphatic carbocycles. The number of fused-ring (bicyclic) bond motifs is 5. The van der Waals surface area contributed by atoms with Crippen molar-refractivity contribution in [3.8, 4) is 0 Å². The quantitative estimate of drug-likeness (QED) is 0.489. The molecular formula is C28H46O. The topological polar surface area (TPSA) is 20.2 Å². The Morgan fingerprint density at radius 2 is 1.72 bits per heavy atom. The van der Waals surface area contributed by atoms with Crippen LogP contribution < -0.4 is 0 Å². The van der Waals surface area contributed by atoms with Crippen molar-refractivity contribution in [2.45, 2.75) is 99.0 Å². The summed E-state index contributed by atoms with van der Waals surface area (Å²) in [6, 6.07) is 0. The van der Waals surface area contributed by atoms with E-state index in [2.05, 4.69) is 59.8 Å². The zero-order valence-electron chi connectivity index (χ0n) is 20.0. The molecule has 0 aromatic rings. The highest BCUT2D eigenvalue weighted by atomic mass is 16.3. The Bertz CT molecular complexity index is 659. The molecule has 1 nitrogen and oxygen atoms in total. The summed E-state index contributed by atoms with van der Waals surface area (Å²) >= 11 is 0. The van der Waals surface area contributed by atoms with Crippen molar-refractivity contribution in [3.05, 3.63) is 23.8 Å². The fourth-order valence-corrected chi connectivity index (χ4v) is 8.25. The van der Waals surface area contributed by atoms with Gasteiger partial charge >= 0.3 is 0 Å². The van der Waals surface area contributed by atoms with Crippen LogP contribution in [0.25, 0.3) is 0 Å². The van der Waals surface area contributed by atoms with Crippen molar-refractivity contribution >= 4 is 0 Å². The molecule has 4 rings (SSSR count). The van der Waals surface area contributed by atoms with Crippen molar-refractivity contribution in [1.29, 1.82) is 0 Å². The summed E-state index contributed by atoms with van der Waals surface area (Å²) in [5.74, 6) is 5.63. The predicted molar refractivity (Wildman–Crippen MR) is 124 cm³/mol. The molecule has 0 saturated heterocycles. The number of hydrogen-bond acceptors (Lipinski definition) is 1.